The first-order valence-electron chi connectivity index (χ1n) is 12.0. The molecule has 5 nitrogen and oxygen atoms in total. The van der Waals surface area contributed by atoms with Gasteiger partial charge in [0, 0.05) is 36.9 Å². The van der Waals surface area contributed by atoms with E-state index in [4.69, 9.17) is 4.74 Å². The number of hydrogen-bond donors (Lipinski definition) is 1. The summed E-state index contributed by atoms with van der Waals surface area (Å²) in [5.41, 5.74) is 3.62. The van der Waals surface area contributed by atoms with Crippen LogP contribution in [0.3, 0.4) is 0 Å². The lowest BCUT2D eigenvalue weighted by atomic mass is 9.74. The number of benzene rings is 2. The molecule has 1 aliphatic carbocycles. The maximum atomic E-state index is 13.1. The van der Waals surface area contributed by atoms with Gasteiger partial charge in [0.15, 0.2) is 0 Å². The zero-order valence-corrected chi connectivity index (χ0v) is 19.3. The Bertz CT molecular complexity index is 1070. The van der Waals surface area contributed by atoms with E-state index in [2.05, 4.69) is 41.7 Å². The van der Waals surface area contributed by atoms with Crippen molar-refractivity contribution >= 4 is 17.9 Å². The van der Waals surface area contributed by atoms with Gasteiger partial charge in [0.1, 0.15) is 5.75 Å². The standard InChI is InChI=1S/C28H32N2O3/c1-33-23-8-6-21(7-9-23)20-28(14-11-25(31)29-28)15-12-26(32)30-18-16-27(17-19-30)13-10-22-4-2-3-5-24(22)27/h2-10,13H,11-12,14-20H2,1H3,(H,29,31)/t28-/m0/s1. The molecule has 2 aromatic rings. The first-order chi connectivity index (χ1) is 16.0. The third kappa shape index (κ3) is 4.29. The Kier molecular flexibility index (Phi) is 5.73. The van der Waals surface area contributed by atoms with E-state index in [0.717, 1.165) is 50.1 Å². The van der Waals surface area contributed by atoms with Gasteiger partial charge in [-0.1, -0.05) is 48.6 Å². The molecule has 0 aromatic heterocycles. The third-order valence-electron chi connectivity index (χ3n) is 7.84. The van der Waals surface area contributed by atoms with Gasteiger partial charge in [0.25, 0.3) is 0 Å². The van der Waals surface area contributed by atoms with Crippen molar-refractivity contribution in [2.75, 3.05) is 20.2 Å². The number of piperidine rings is 1. The molecule has 2 heterocycles. The molecule has 0 bridgehead atoms. The van der Waals surface area contributed by atoms with Crippen LogP contribution in [0, 0.1) is 0 Å². The number of carbonyl (C=O) groups excluding carboxylic acids is 2. The SMILES string of the molecule is COc1ccc(C[C@@]2(CCC(=O)N3CCC4(C=Cc5ccccc54)CC3)CCC(=O)N2)cc1. The molecule has 33 heavy (non-hydrogen) atoms. The van der Waals surface area contributed by atoms with Crippen molar-refractivity contribution in [3.05, 3.63) is 71.3 Å². The predicted molar refractivity (Wildman–Crippen MR) is 129 cm³/mol. The molecule has 1 spiro atoms. The van der Waals surface area contributed by atoms with Gasteiger partial charge in [-0.25, -0.2) is 0 Å². The number of hydrogen-bond acceptors (Lipinski definition) is 3. The van der Waals surface area contributed by atoms with Crippen LogP contribution in [0.1, 0.15) is 55.2 Å². The lowest BCUT2D eigenvalue weighted by Crippen LogP contribution is -2.47. The topological polar surface area (TPSA) is 58.6 Å². The molecule has 0 unspecified atom stereocenters. The smallest absolute Gasteiger partial charge is 0.222 e. The van der Waals surface area contributed by atoms with Crippen LogP contribution in [0.2, 0.25) is 0 Å². The fourth-order valence-corrected chi connectivity index (χ4v) is 5.85. The molecule has 172 valence electrons. The van der Waals surface area contributed by atoms with Gasteiger partial charge >= 0.3 is 0 Å². The van der Waals surface area contributed by atoms with Crippen LogP contribution in [0.25, 0.3) is 6.08 Å². The normalized spacial score (nSPS) is 22.9. The molecule has 2 aliphatic heterocycles. The Labute approximate surface area is 195 Å². The Morgan fingerprint density at radius 2 is 1.82 bits per heavy atom. The summed E-state index contributed by atoms with van der Waals surface area (Å²) in [6.07, 6.45) is 9.71. The number of rotatable bonds is 6. The quantitative estimate of drug-likeness (QED) is 0.725. The summed E-state index contributed by atoms with van der Waals surface area (Å²) in [5.74, 6) is 1.11. The van der Waals surface area contributed by atoms with Crippen LogP contribution in [0.5, 0.6) is 5.75 Å². The van der Waals surface area contributed by atoms with Gasteiger partial charge in [-0.15, -0.1) is 0 Å². The van der Waals surface area contributed by atoms with Crippen molar-refractivity contribution in [3.8, 4) is 5.75 Å². The van der Waals surface area contributed by atoms with Crippen LogP contribution in [0.4, 0.5) is 0 Å². The zero-order chi connectivity index (χ0) is 22.9. The second-order valence-electron chi connectivity index (χ2n) is 9.81. The molecule has 5 heteroatoms. The van der Waals surface area contributed by atoms with E-state index < -0.39 is 0 Å². The van der Waals surface area contributed by atoms with Crippen molar-refractivity contribution in [2.45, 2.75) is 55.9 Å². The summed E-state index contributed by atoms with van der Waals surface area (Å²) in [6.45, 7) is 1.57. The highest BCUT2D eigenvalue weighted by Gasteiger charge is 2.41. The molecule has 5 rings (SSSR count). The van der Waals surface area contributed by atoms with Crippen LogP contribution in [0.15, 0.2) is 54.6 Å². The summed E-state index contributed by atoms with van der Waals surface area (Å²) in [6, 6.07) is 16.6. The number of carbonyl (C=O) groups is 2. The number of amides is 2. The van der Waals surface area contributed by atoms with Gasteiger partial charge < -0.3 is 15.0 Å². The number of ether oxygens (including phenoxy) is 1. The number of methoxy groups -OCH3 is 1. The highest BCUT2D eigenvalue weighted by Crippen LogP contribution is 2.43. The summed E-state index contributed by atoms with van der Waals surface area (Å²) in [4.78, 5) is 27.3. The Hall–Kier alpha value is -3.08. The molecule has 0 saturated carbocycles. The van der Waals surface area contributed by atoms with E-state index in [1.165, 1.54) is 11.1 Å². The fraction of sp³-hybridized carbons (Fsp3) is 0.429. The number of allylic oxidation sites excluding steroid dienone is 1. The largest absolute Gasteiger partial charge is 0.497 e. The molecular formula is C28H32N2O3. The average molecular weight is 445 g/mol. The van der Waals surface area contributed by atoms with Crippen molar-refractivity contribution in [1.29, 1.82) is 0 Å². The molecule has 2 aromatic carbocycles. The lowest BCUT2D eigenvalue weighted by Gasteiger charge is -2.40. The minimum atomic E-state index is -0.342. The van der Waals surface area contributed by atoms with E-state index >= 15 is 0 Å². The lowest BCUT2D eigenvalue weighted by molar-refractivity contribution is -0.133. The van der Waals surface area contributed by atoms with Crippen LogP contribution < -0.4 is 10.1 Å². The van der Waals surface area contributed by atoms with E-state index in [0.29, 0.717) is 19.3 Å². The monoisotopic (exact) mass is 444 g/mol. The van der Waals surface area contributed by atoms with Crippen LogP contribution >= 0.6 is 0 Å². The maximum absolute atomic E-state index is 13.1. The summed E-state index contributed by atoms with van der Waals surface area (Å²) >= 11 is 0. The zero-order valence-electron chi connectivity index (χ0n) is 19.3. The van der Waals surface area contributed by atoms with E-state index in [-0.39, 0.29) is 22.8 Å². The predicted octanol–water partition coefficient (Wildman–Crippen LogP) is 4.25. The first-order valence-corrected chi connectivity index (χ1v) is 12.0. The van der Waals surface area contributed by atoms with Crippen molar-refractivity contribution in [2.24, 2.45) is 0 Å². The molecule has 3 aliphatic rings. The van der Waals surface area contributed by atoms with Gasteiger partial charge in [-0.3, -0.25) is 9.59 Å². The minimum absolute atomic E-state index is 0.0857. The average Bonchev–Trinajstić information content (AvgIpc) is 3.39. The second-order valence-corrected chi connectivity index (χ2v) is 9.81. The van der Waals surface area contributed by atoms with Gasteiger partial charge in [-0.05, 0) is 60.9 Å². The fourth-order valence-electron chi connectivity index (χ4n) is 5.85. The highest BCUT2D eigenvalue weighted by molar-refractivity contribution is 5.80. The minimum Gasteiger partial charge on any atom is -0.497 e. The number of likely N-dealkylation sites (tertiary alicyclic amines) is 1. The van der Waals surface area contributed by atoms with Crippen molar-refractivity contribution < 1.29 is 14.3 Å². The van der Waals surface area contributed by atoms with E-state index in [1.807, 2.05) is 29.2 Å². The maximum Gasteiger partial charge on any atom is 0.222 e. The van der Waals surface area contributed by atoms with E-state index in [1.54, 1.807) is 7.11 Å². The number of nitrogens with zero attached hydrogens (tertiary/aromatic N) is 1. The van der Waals surface area contributed by atoms with Crippen molar-refractivity contribution in [1.82, 2.24) is 10.2 Å². The van der Waals surface area contributed by atoms with Gasteiger partial charge in [0.05, 0.1) is 7.11 Å². The second kappa shape index (κ2) is 8.69. The van der Waals surface area contributed by atoms with Gasteiger partial charge in [0.2, 0.25) is 11.8 Å². The Balaban J connectivity index is 1.20. The Morgan fingerprint density at radius 1 is 1.06 bits per heavy atom. The Morgan fingerprint density at radius 3 is 2.52 bits per heavy atom. The molecule has 2 fully saturated rings. The van der Waals surface area contributed by atoms with Crippen LogP contribution in [-0.2, 0) is 21.4 Å². The summed E-state index contributed by atoms with van der Waals surface area (Å²) in [7, 11) is 1.66. The van der Waals surface area contributed by atoms with Gasteiger partial charge in [-0.2, -0.15) is 0 Å². The first kappa shape index (κ1) is 21.7. The summed E-state index contributed by atoms with van der Waals surface area (Å²) < 4.78 is 5.26. The van der Waals surface area contributed by atoms with E-state index in [9.17, 15) is 9.59 Å². The molecule has 1 N–H and O–H groups in total. The number of fused-ring (bicyclic) bond motifs is 2. The molecule has 2 saturated heterocycles. The molecular weight excluding hydrogens is 412 g/mol. The molecule has 2 amide bonds. The van der Waals surface area contributed by atoms with Crippen LogP contribution in [-0.4, -0.2) is 42.5 Å². The van der Waals surface area contributed by atoms with Crippen molar-refractivity contribution in [3.63, 3.8) is 0 Å². The summed E-state index contributed by atoms with van der Waals surface area (Å²) in [5, 5.41) is 3.20. The highest BCUT2D eigenvalue weighted by atomic mass is 16.5. The molecule has 0 radical (unpaired) electrons. The third-order valence-corrected chi connectivity index (χ3v) is 7.84. The molecule has 1 atom stereocenters. The number of nitrogens with one attached hydrogen (secondary N) is 1.